The lowest BCUT2D eigenvalue weighted by molar-refractivity contribution is 0.0909. The first kappa shape index (κ1) is 17.9. The summed E-state index contributed by atoms with van der Waals surface area (Å²) in [7, 11) is 1.62. The van der Waals surface area contributed by atoms with E-state index in [-0.39, 0.29) is 11.9 Å². The van der Waals surface area contributed by atoms with E-state index in [1.165, 1.54) is 11.3 Å². The van der Waals surface area contributed by atoms with E-state index < -0.39 is 0 Å². The van der Waals surface area contributed by atoms with Gasteiger partial charge in [-0.1, -0.05) is 23.7 Å². The van der Waals surface area contributed by atoms with Gasteiger partial charge < -0.3 is 10.1 Å². The highest BCUT2D eigenvalue weighted by Crippen LogP contribution is 2.29. The largest absolute Gasteiger partial charge is 0.383 e. The summed E-state index contributed by atoms with van der Waals surface area (Å²) in [6, 6.07) is 9.59. The Kier molecular flexibility index (Phi) is 5.42. The van der Waals surface area contributed by atoms with Gasteiger partial charge in [0.25, 0.3) is 5.91 Å². The van der Waals surface area contributed by atoms with Gasteiger partial charge in [-0.15, -0.1) is 11.3 Å². The smallest absolute Gasteiger partial charge is 0.261 e. The SMILES string of the molecule is COCC(C)NC(=O)c1cc2c(C)nn(Cc3ccc(Cl)cc3)c2s1. The van der Waals surface area contributed by atoms with Crippen molar-refractivity contribution in [3.05, 3.63) is 51.5 Å². The van der Waals surface area contributed by atoms with E-state index in [2.05, 4.69) is 10.4 Å². The van der Waals surface area contributed by atoms with E-state index in [1.807, 2.05) is 48.9 Å². The molecule has 0 radical (unpaired) electrons. The first-order chi connectivity index (χ1) is 12.0. The lowest BCUT2D eigenvalue weighted by atomic mass is 10.2. The number of nitrogens with one attached hydrogen (secondary N) is 1. The summed E-state index contributed by atoms with van der Waals surface area (Å²) in [4.78, 5) is 14.1. The van der Waals surface area contributed by atoms with Crippen LogP contribution in [0.5, 0.6) is 0 Å². The number of ether oxygens (including phenoxy) is 1. The fraction of sp³-hybridized carbons (Fsp3) is 0.333. The number of benzene rings is 1. The molecule has 0 aliphatic rings. The number of amides is 1. The number of hydrogen-bond donors (Lipinski definition) is 1. The molecular weight excluding hydrogens is 358 g/mol. The summed E-state index contributed by atoms with van der Waals surface area (Å²) in [5.41, 5.74) is 2.03. The molecule has 1 amide bonds. The average molecular weight is 378 g/mol. The minimum Gasteiger partial charge on any atom is -0.383 e. The summed E-state index contributed by atoms with van der Waals surface area (Å²) in [5.74, 6) is -0.0804. The number of carbonyl (C=O) groups is 1. The van der Waals surface area contributed by atoms with Crippen molar-refractivity contribution in [2.24, 2.45) is 0 Å². The fourth-order valence-corrected chi connectivity index (χ4v) is 3.87. The topological polar surface area (TPSA) is 56.1 Å². The van der Waals surface area contributed by atoms with Crippen LogP contribution in [0, 0.1) is 6.92 Å². The highest BCUT2D eigenvalue weighted by Gasteiger charge is 2.17. The van der Waals surface area contributed by atoms with Crippen LogP contribution >= 0.6 is 22.9 Å². The zero-order valence-corrected chi connectivity index (χ0v) is 15.9. The van der Waals surface area contributed by atoms with Crippen molar-refractivity contribution in [1.82, 2.24) is 15.1 Å². The summed E-state index contributed by atoms with van der Waals surface area (Å²) >= 11 is 7.40. The van der Waals surface area contributed by atoms with E-state index in [1.54, 1.807) is 7.11 Å². The first-order valence-electron chi connectivity index (χ1n) is 7.99. The second-order valence-electron chi connectivity index (χ2n) is 6.03. The molecular formula is C18H20ClN3O2S. The molecule has 5 nitrogen and oxygen atoms in total. The van der Waals surface area contributed by atoms with Crippen LogP contribution in [0.25, 0.3) is 10.2 Å². The van der Waals surface area contributed by atoms with Crippen LogP contribution in [-0.2, 0) is 11.3 Å². The fourth-order valence-electron chi connectivity index (χ4n) is 2.68. The van der Waals surface area contributed by atoms with Gasteiger partial charge in [0.1, 0.15) is 4.83 Å². The van der Waals surface area contributed by atoms with Gasteiger partial charge in [-0.2, -0.15) is 5.10 Å². The first-order valence-corrected chi connectivity index (χ1v) is 9.18. The van der Waals surface area contributed by atoms with Crippen LogP contribution in [0.3, 0.4) is 0 Å². The van der Waals surface area contributed by atoms with Gasteiger partial charge >= 0.3 is 0 Å². The van der Waals surface area contributed by atoms with Crippen LogP contribution in [-0.4, -0.2) is 35.4 Å². The second-order valence-corrected chi connectivity index (χ2v) is 7.50. The van der Waals surface area contributed by atoms with Crippen LogP contribution in [0.2, 0.25) is 5.02 Å². The lowest BCUT2D eigenvalue weighted by Gasteiger charge is -2.11. The summed E-state index contributed by atoms with van der Waals surface area (Å²) in [5, 5.41) is 9.28. The van der Waals surface area contributed by atoms with E-state index in [4.69, 9.17) is 16.3 Å². The molecule has 25 heavy (non-hydrogen) atoms. The van der Waals surface area contributed by atoms with Crippen LogP contribution < -0.4 is 5.32 Å². The summed E-state index contributed by atoms with van der Waals surface area (Å²) in [6.45, 7) is 5.01. The third-order valence-corrected chi connectivity index (χ3v) is 5.27. The van der Waals surface area contributed by atoms with Gasteiger partial charge in [0.15, 0.2) is 0 Å². The molecule has 0 aliphatic heterocycles. The van der Waals surface area contributed by atoms with E-state index in [9.17, 15) is 4.79 Å². The van der Waals surface area contributed by atoms with Gasteiger partial charge in [0.2, 0.25) is 0 Å². The van der Waals surface area contributed by atoms with Gasteiger partial charge in [-0.3, -0.25) is 9.48 Å². The van der Waals surface area contributed by atoms with Crippen molar-refractivity contribution >= 4 is 39.1 Å². The van der Waals surface area contributed by atoms with Crippen molar-refractivity contribution in [3.8, 4) is 0 Å². The second kappa shape index (κ2) is 7.56. The number of fused-ring (bicyclic) bond motifs is 1. The third-order valence-electron chi connectivity index (χ3n) is 3.87. The molecule has 1 unspecified atom stereocenters. The van der Waals surface area contributed by atoms with Crippen molar-refractivity contribution in [2.75, 3.05) is 13.7 Å². The number of rotatable bonds is 6. The standard InChI is InChI=1S/C18H20ClN3O2S/c1-11(10-24-3)20-17(23)16-8-15-12(2)21-22(18(15)25-16)9-13-4-6-14(19)7-5-13/h4-8,11H,9-10H2,1-3H3,(H,20,23). The molecule has 1 aromatic carbocycles. The molecule has 2 aromatic heterocycles. The van der Waals surface area contributed by atoms with Gasteiger partial charge in [0.05, 0.1) is 23.7 Å². The molecule has 3 rings (SSSR count). The number of carbonyl (C=O) groups excluding carboxylic acids is 1. The molecule has 3 aromatic rings. The third kappa shape index (κ3) is 4.03. The normalized spacial score (nSPS) is 12.5. The molecule has 1 N–H and O–H groups in total. The average Bonchev–Trinajstić information content (AvgIpc) is 3.12. The zero-order chi connectivity index (χ0) is 18.0. The number of aryl methyl sites for hydroxylation is 1. The quantitative estimate of drug-likeness (QED) is 0.709. The molecule has 0 saturated carbocycles. The zero-order valence-electron chi connectivity index (χ0n) is 14.4. The maximum absolute atomic E-state index is 12.4. The summed E-state index contributed by atoms with van der Waals surface area (Å²) in [6.07, 6.45) is 0. The maximum atomic E-state index is 12.4. The van der Waals surface area contributed by atoms with Crippen LogP contribution in [0.1, 0.15) is 27.9 Å². The number of halogens is 1. The lowest BCUT2D eigenvalue weighted by Crippen LogP contribution is -2.35. The van der Waals surface area contributed by atoms with Crippen LogP contribution in [0.15, 0.2) is 30.3 Å². The van der Waals surface area contributed by atoms with E-state index in [0.29, 0.717) is 23.1 Å². The molecule has 0 fully saturated rings. The minimum absolute atomic E-state index is 0.0330. The Bertz CT molecular complexity index is 886. The molecule has 0 spiro atoms. The Morgan fingerprint density at radius 3 is 2.80 bits per heavy atom. The highest BCUT2D eigenvalue weighted by molar-refractivity contribution is 7.20. The molecule has 132 valence electrons. The minimum atomic E-state index is -0.0804. The van der Waals surface area contributed by atoms with Gasteiger partial charge in [-0.25, -0.2) is 0 Å². The molecule has 1 atom stereocenters. The number of nitrogens with zero attached hydrogens (tertiary/aromatic N) is 2. The van der Waals surface area contributed by atoms with Crippen molar-refractivity contribution < 1.29 is 9.53 Å². The number of hydrogen-bond acceptors (Lipinski definition) is 4. The van der Waals surface area contributed by atoms with Crippen molar-refractivity contribution in [3.63, 3.8) is 0 Å². The monoisotopic (exact) mass is 377 g/mol. The number of methoxy groups -OCH3 is 1. The van der Waals surface area contributed by atoms with Crippen molar-refractivity contribution in [1.29, 1.82) is 0 Å². The van der Waals surface area contributed by atoms with Crippen molar-refractivity contribution in [2.45, 2.75) is 26.4 Å². The Labute approximate surface area is 155 Å². The molecule has 7 heteroatoms. The predicted octanol–water partition coefficient (Wildman–Crippen LogP) is 3.87. The summed E-state index contributed by atoms with van der Waals surface area (Å²) < 4.78 is 7.00. The molecule has 0 saturated heterocycles. The highest BCUT2D eigenvalue weighted by atomic mass is 35.5. The van der Waals surface area contributed by atoms with Crippen LogP contribution in [0.4, 0.5) is 0 Å². The van der Waals surface area contributed by atoms with E-state index in [0.717, 1.165) is 21.5 Å². The Balaban J connectivity index is 1.85. The number of thiophene rings is 1. The Morgan fingerprint density at radius 2 is 2.12 bits per heavy atom. The molecule has 2 heterocycles. The Hall–Kier alpha value is -1.89. The van der Waals surface area contributed by atoms with Gasteiger partial charge in [-0.05, 0) is 37.6 Å². The molecule has 0 bridgehead atoms. The molecule has 0 aliphatic carbocycles. The maximum Gasteiger partial charge on any atom is 0.261 e. The van der Waals surface area contributed by atoms with E-state index >= 15 is 0 Å². The predicted molar refractivity (Wildman–Crippen MR) is 102 cm³/mol. The Morgan fingerprint density at radius 1 is 1.40 bits per heavy atom. The van der Waals surface area contributed by atoms with Gasteiger partial charge in [0, 0.05) is 23.6 Å². The number of aromatic nitrogens is 2.